The number of rotatable bonds is 0. The van der Waals surface area contributed by atoms with E-state index in [1.54, 1.807) is 0 Å². The second-order valence-electron chi connectivity index (χ2n) is 1.13. The van der Waals surface area contributed by atoms with Crippen molar-refractivity contribution in [2.24, 2.45) is 0 Å². The van der Waals surface area contributed by atoms with Crippen molar-refractivity contribution in [3.63, 3.8) is 0 Å². The molecule has 12 nitrogen and oxygen atoms in total. The zero-order chi connectivity index (χ0) is 14.3. The molecule has 0 aromatic rings. The van der Waals surface area contributed by atoms with Gasteiger partial charge in [-0.15, -0.1) is 0 Å². The zero-order valence-corrected chi connectivity index (χ0v) is 11.2. The molecule has 0 atom stereocenters. The minimum absolute atomic E-state index is 0. The van der Waals surface area contributed by atoms with E-state index in [1.807, 2.05) is 0 Å². The Morgan fingerprint density at radius 1 is 0.189 bits per heavy atom. The quantitative estimate of drug-likeness (QED) is 0.107. The van der Waals surface area contributed by atoms with Crippen LogP contribution in [0.25, 0.3) is 0 Å². The summed E-state index contributed by atoms with van der Waals surface area (Å²) < 4.78 is 35.0. The van der Waals surface area contributed by atoms with Crippen LogP contribution in [-0.4, -0.2) is 696 Å². The molecule has 0 bridgehead atoms. The van der Waals surface area contributed by atoms with Crippen molar-refractivity contribution in [1.82, 2.24) is 0 Å². The van der Waals surface area contributed by atoms with Gasteiger partial charge in [-0.25, -0.2) is 0 Å². The number of hydrogen-bond donors (Lipinski definition) is 8. The third kappa shape index (κ3) is 418. The Kier molecular flexibility index (Phi) is 788. The van der Waals surface area contributed by atoms with Gasteiger partial charge in [-0.3, -0.25) is 17.8 Å². The van der Waals surface area contributed by atoms with Gasteiger partial charge in [0.1, 0.15) is 0 Å². The summed E-state index contributed by atoms with van der Waals surface area (Å²) in [5.41, 5.74) is 0. The van der Waals surface area contributed by atoms with Crippen molar-refractivity contribution in [2.45, 2.75) is 0 Å². The summed E-state index contributed by atoms with van der Waals surface area (Å²) >= 11 is 0. The predicted octanol–water partition coefficient (Wildman–Crippen LogP) is -20.1. The summed E-state index contributed by atoms with van der Waals surface area (Å²) in [5, 5.41) is 0. The van der Waals surface area contributed by atoms with Gasteiger partial charge >= 0.3 is 657 Å². The summed E-state index contributed by atoms with van der Waals surface area (Å²) in [6.45, 7) is 0. The van der Waals surface area contributed by atoms with E-state index in [1.165, 1.54) is 0 Å². The predicted molar refractivity (Wildman–Crippen MR) is 194 cm³/mol. The van der Waals surface area contributed by atoms with Gasteiger partial charge < -0.3 is 38.4 Å². The van der Waals surface area contributed by atoms with Gasteiger partial charge in [-0.05, 0) is 0 Å². The van der Waals surface area contributed by atoms with Crippen molar-refractivity contribution in [3.8, 4) is 0 Å². The fourth-order valence-electron chi connectivity index (χ4n) is 0. The molecule has 0 aliphatic carbocycles. The van der Waals surface area contributed by atoms with Crippen molar-refractivity contribution in [3.05, 3.63) is 0 Å². The van der Waals surface area contributed by atoms with Crippen LogP contribution < -0.4 is 0 Å². The molecule has 0 unspecified atom stereocenters. The van der Waals surface area contributed by atoms with Crippen LogP contribution in [0.4, 0.5) is 0 Å². The van der Waals surface area contributed by atoms with Crippen LogP contribution in [0.1, 0.15) is 0 Å². The molecule has 0 fully saturated rings. The van der Waals surface area contributed by atoms with Crippen LogP contribution in [0.2, 0.25) is 0 Å². The molecule has 0 aromatic carbocycles. The van der Waals surface area contributed by atoms with Gasteiger partial charge in [-0.2, -0.15) is 0 Å². The van der Waals surface area contributed by atoms with E-state index in [9.17, 15) is 0 Å². The maximum atomic E-state index is 8.74. The van der Waals surface area contributed by atoms with Crippen molar-refractivity contribution >= 4 is 657 Å². The monoisotopic (exact) mass is 816 g/mol. The van der Waals surface area contributed by atoms with Crippen LogP contribution in [-0.2, 0) is 17.8 Å². The summed E-state index contributed by atoms with van der Waals surface area (Å²) in [7, 11) is -12.5. The molecule has 0 spiro atoms. The van der Waals surface area contributed by atoms with E-state index in [2.05, 4.69) is 0 Å². The van der Waals surface area contributed by atoms with E-state index < -0.39 is 36.7 Å². The molecule has 0 saturated carbocycles. The summed E-state index contributed by atoms with van der Waals surface area (Å²) in [6.07, 6.45) is 0. The Bertz CT molecular complexity index is 190. The molecule has 0 saturated heterocycles. The Balaban J connectivity index is -0.00000000190. The summed E-state index contributed by atoms with van der Waals surface area (Å²) in [4.78, 5) is 57.3. The molecule has 0 rings (SSSR count). The van der Waals surface area contributed by atoms with Gasteiger partial charge in [0.15, 0.2) is 0 Å². The Morgan fingerprint density at radius 3 is 0.189 bits per heavy atom. The van der Waals surface area contributed by atoms with Crippen LogP contribution >= 0.6 is 0 Å². The molecular weight excluding hydrogens is 787 g/mol. The molecular formula is H29Na21O12Si4. The SMILES string of the molecule is O=[Si](O)O.O=[Si](O)O.O=[Si](O)O.O=[Si](O)O.[NaH].[NaH].[NaH].[NaH].[NaH].[NaH].[NaH].[NaH].[NaH].[NaH].[NaH].[NaH].[NaH].[NaH].[NaH].[NaH].[NaH].[NaH].[NaH].[NaH].[NaH]. The minimum atomic E-state index is -3.13. The topological polar surface area (TPSA) is 230 Å². The molecule has 0 amide bonds. The van der Waals surface area contributed by atoms with E-state index in [4.69, 9.17) is 56.2 Å². The van der Waals surface area contributed by atoms with E-state index in [0.717, 1.165) is 0 Å². The normalized spacial score (nSPS) is 2.59. The van der Waals surface area contributed by atoms with Crippen molar-refractivity contribution in [1.29, 1.82) is 0 Å². The molecule has 0 radical (unpaired) electrons. The molecule has 138 valence electrons. The average molecular weight is 816 g/mol. The maximum absolute atomic E-state index is 8.74. The third-order valence-corrected chi connectivity index (χ3v) is 0. The van der Waals surface area contributed by atoms with Crippen LogP contribution in [0, 0.1) is 0 Å². The third-order valence-electron chi connectivity index (χ3n) is 0. The van der Waals surface area contributed by atoms with Crippen LogP contribution in [0.3, 0.4) is 0 Å². The first-order valence-electron chi connectivity index (χ1n) is 2.61. The molecule has 37 heteroatoms. The van der Waals surface area contributed by atoms with E-state index in [0.29, 0.717) is 0 Å². The molecule has 8 N–H and O–H groups in total. The second-order valence-corrected chi connectivity index (χ2v) is 3.39. The fraction of sp³-hybridized carbons (Fsp3) is 0. The molecule has 37 heavy (non-hydrogen) atoms. The van der Waals surface area contributed by atoms with Crippen molar-refractivity contribution in [2.75, 3.05) is 0 Å². The zero-order valence-electron chi connectivity index (χ0n) is 7.21. The van der Waals surface area contributed by atoms with E-state index in [-0.39, 0.29) is 621 Å². The van der Waals surface area contributed by atoms with Gasteiger partial charge in [0, 0.05) is 0 Å². The first-order valence-corrected chi connectivity index (χ1v) is 7.82. The van der Waals surface area contributed by atoms with Crippen LogP contribution in [0.5, 0.6) is 0 Å². The van der Waals surface area contributed by atoms with E-state index >= 15 is 0 Å². The van der Waals surface area contributed by atoms with Gasteiger partial charge in [-0.1, -0.05) is 0 Å². The van der Waals surface area contributed by atoms with Gasteiger partial charge in [0.25, 0.3) is 0 Å². The Morgan fingerprint density at radius 2 is 0.189 bits per heavy atom. The Hall–Kier alpha value is 19.5. The fourth-order valence-corrected chi connectivity index (χ4v) is 0. The Labute approximate surface area is 690 Å². The summed E-state index contributed by atoms with van der Waals surface area (Å²) in [5.74, 6) is 0. The van der Waals surface area contributed by atoms with Crippen LogP contribution in [0.15, 0.2) is 0 Å². The summed E-state index contributed by atoms with van der Waals surface area (Å²) in [6, 6.07) is 0. The molecule has 0 aliphatic heterocycles. The van der Waals surface area contributed by atoms with Crippen molar-refractivity contribution < 1.29 is 56.2 Å². The van der Waals surface area contributed by atoms with Gasteiger partial charge in [0.05, 0.1) is 0 Å². The number of hydrogen-bond acceptors (Lipinski definition) is 4. The average Bonchev–Trinajstić information content (AvgIpc) is 1.76. The standard InChI is InChI=1S/21Na.4H2O3Si.21H/c;;;;;;;;;;;;;;;;;;;;;4*1-4(2)3;;;;;;;;;;;;;;;;;;;;;/h;;;;;;;;;;;;;;;;;;;;;4*1-2H;;;;;;;;;;;;;;;;;;;;;. The first-order chi connectivity index (χ1) is 6.93. The van der Waals surface area contributed by atoms with Gasteiger partial charge in [0.2, 0.25) is 0 Å². The first kappa shape index (κ1) is 175. The second kappa shape index (κ2) is 166. The molecule has 0 aromatic heterocycles. The molecule has 0 aliphatic rings. The molecule has 0 heterocycles.